The van der Waals surface area contributed by atoms with E-state index in [0.29, 0.717) is 17.6 Å². The second-order valence-corrected chi connectivity index (χ2v) is 6.42. The van der Waals surface area contributed by atoms with E-state index in [-0.39, 0.29) is 28.4 Å². The molecule has 0 bridgehead atoms. The summed E-state index contributed by atoms with van der Waals surface area (Å²) in [6.45, 7) is 0.490. The highest BCUT2D eigenvalue weighted by Gasteiger charge is 2.42. The Morgan fingerprint density at radius 3 is 2.60 bits per heavy atom. The third kappa shape index (κ3) is 3.44. The van der Waals surface area contributed by atoms with E-state index in [1.54, 1.807) is 0 Å². The predicted molar refractivity (Wildman–Crippen MR) is 84.9 cm³/mol. The monoisotopic (exact) mass is 393 g/mol. The molecule has 2 N–H and O–H groups in total. The summed E-state index contributed by atoms with van der Waals surface area (Å²) < 4.78 is 41.3. The van der Waals surface area contributed by atoms with Crippen LogP contribution in [0.3, 0.4) is 0 Å². The molecule has 0 spiro atoms. The lowest BCUT2D eigenvalue weighted by Gasteiger charge is -2.17. The van der Waals surface area contributed by atoms with Gasteiger partial charge in [0.05, 0.1) is 21.8 Å². The predicted octanol–water partition coefficient (Wildman–Crippen LogP) is 2.77. The molecule has 134 valence electrons. The Balaban J connectivity index is 2.09. The van der Waals surface area contributed by atoms with Gasteiger partial charge >= 0.3 is 6.18 Å². The number of halogens is 5. The number of hydrogen-bond donors (Lipinski definition) is 1. The van der Waals surface area contributed by atoms with Crippen LogP contribution in [0, 0.1) is 0 Å². The maximum absolute atomic E-state index is 13.6. The van der Waals surface area contributed by atoms with Crippen molar-refractivity contribution in [3.63, 3.8) is 0 Å². The molecule has 1 amide bonds. The number of hydrogen-bond acceptors (Lipinski definition) is 4. The van der Waals surface area contributed by atoms with Crippen molar-refractivity contribution in [3.05, 3.63) is 39.8 Å². The zero-order valence-electron chi connectivity index (χ0n) is 12.6. The molecule has 0 saturated carbocycles. The Morgan fingerprint density at radius 1 is 1.32 bits per heavy atom. The van der Waals surface area contributed by atoms with Gasteiger partial charge in [-0.1, -0.05) is 23.2 Å². The highest BCUT2D eigenvalue weighted by molar-refractivity contribution is 6.35. The van der Waals surface area contributed by atoms with Crippen LogP contribution < -0.4 is 5.73 Å². The van der Waals surface area contributed by atoms with Gasteiger partial charge in [-0.3, -0.25) is 4.79 Å². The van der Waals surface area contributed by atoms with E-state index in [2.05, 4.69) is 10.1 Å². The number of carbonyl (C=O) groups is 1. The van der Waals surface area contributed by atoms with Crippen LogP contribution in [0.5, 0.6) is 0 Å². The van der Waals surface area contributed by atoms with Crippen molar-refractivity contribution < 1.29 is 18.0 Å². The van der Waals surface area contributed by atoms with Crippen molar-refractivity contribution in [2.24, 2.45) is 5.73 Å². The molecule has 0 unspecified atom stereocenters. The van der Waals surface area contributed by atoms with E-state index in [4.69, 9.17) is 28.9 Å². The van der Waals surface area contributed by atoms with Gasteiger partial charge in [0, 0.05) is 25.3 Å². The van der Waals surface area contributed by atoms with E-state index < -0.39 is 23.3 Å². The van der Waals surface area contributed by atoms with Gasteiger partial charge in [0.15, 0.2) is 11.5 Å². The summed E-state index contributed by atoms with van der Waals surface area (Å²) in [6.07, 6.45) is -2.30. The summed E-state index contributed by atoms with van der Waals surface area (Å²) in [5, 5.41) is 3.72. The minimum atomic E-state index is -4.84. The zero-order chi connectivity index (χ0) is 18.4. The lowest BCUT2D eigenvalue weighted by atomic mass is 10.2. The SMILES string of the molecule is N[C@@H]1CCN(C(=O)c2cnn(-c3ncc(Cl)cc3Cl)c2C(F)(F)F)C1. The fourth-order valence-corrected chi connectivity index (χ4v) is 3.10. The third-order valence-electron chi connectivity index (χ3n) is 3.77. The summed E-state index contributed by atoms with van der Waals surface area (Å²) in [6, 6.07) is 0.995. The van der Waals surface area contributed by atoms with Gasteiger partial charge in [-0.2, -0.15) is 18.3 Å². The second kappa shape index (κ2) is 6.47. The number of nitrogens with zero attached hydrogens (tertiary/aromatic N) is 4. The first-order chi connectivity index (χ1) is 11.7. The molecule has 1 aliphatic heterocycles. The first kappa shape index (κ1) is 18.0. The Morgan fingerprint density at radius 2 is 2.04 bits per heavy atom. The summed E-state index contributed by atoms with van der Waals surface area (Å²) in [7, 11) is 0. The second-order valence-electron chi connectivity index (χ2n) is 5.58. The van der Waals surface area contributed by atoms with Crippen LogP contribution in [-0.4, -0.2) is 44.7 Å². The normalized spacial score (nSPS) is 18.0. The number of nitrogens with two attached hydrogens (primary N) is 1. The fraction of sp³-hybridized carbons (Fsp3) is 0.357. The van der Waals surface area contributed by atoms with Crippen molar-refractivity contribution in [2.45, 2.75) is 18.6 Å². The minimum absolute atomic E-state index is 0.122. The quantitative estimate of drug-likeness (QED) is 0.850. The molecule has 3 heterocycles. The molecule has 2 aromatic rings. The molecule has 11 heteroatoms. The lowest BCUT2D eigenvalue weighted by molar-refractivity contribution is -0.143. The smallest absolute Gasteiger partial charge is 0.337 e. The van der Waals surface area contributed by atoms with Gasteiger partial charge < -0.3 is 10.6 Å². The topological polar surface area (TPSA) is 77.0 Å². The van der Waals surface area contributed by atoms with Crippen LogP contribution in [-0.2, 0) is 6.18 Å². The van der Waals surface area contributed by atoms with Gasteiger partial charge in [0.2, 0.25) is 0 Å². The molecule has 25 heavy (non-hydrogen) atoms. The number of carbonyl (C=O) groups excluding carboxylic acids is 1. The number of alkyl halides is 3. The van der Waals surface area contributed by atoms with Gasteiger partial charge in [0.25, 0.3) is 5.91 Å². The van der Waals surface area contributed by atoms with Gasteiger partial charge in [-0.25, -0.2) is 9.67 Å². The molecule has 2 aromatic heterocycles. The van der Waals surface area contributed by atoms with Crippen LogP contribution in [0.1, 0.15) is 22.5 Å². The van der Waals surface area contributed by atoms with E-state index in [0.717, 1.165) is 12.4 Å². The number of aromatic nitrogens is 3. The maximum Gasteiger partial charge on any atom is 0.434 e. The van der Waals surface area contributed by atoms with Gasteiger partial charge in [-0.05, 0) is 12.5 Å². The molecule has 0 aromatic carbocycles. The average Bonchev–Trinajstić information content (AvgIpc) is 3.12. The van der Waals surface area contributed by atoms with Crippen molar-refractivity contribution in [2.75, 3.05) is 13.1 Å². The molecule has 3 rings (SSSR count). The van der Waals surface area contributed by atoms with Crippen molar-refractivity contribution in [1.29, 1.82) is 0 Å². The van der Waals surface area contributed by atoms with E-state index in [1.165, 1.54) is 11.0 Å². The van der Waals surface area contributed by atoms with Crippen molar-refractivity contribution >= 4 is 29.1 Å². The molecule has 1 aliphatic rings. The van der Waals surface area contributed by atoms with Crippen LogP contribution in [0.2, 0.25) is 10.0 Å². The Kier molecular flexibility index (Phi) is 4.65. The Labute approximate surface area is 150 Å². The molecule has 0 radical (unpaired) electrons. The number of likely N-dealkylation sites (tertiary alicyclic amines) is 1. The number of amides is 1. The lowest BCUT2D eigenvalue weighted by Crippen LogP contribution is -2.33. The largest absolute Gasteiger partial charge is 0.434 e. The molecule has 1 atom stereocenters. The molecule has 0 aliphatic carbocycles. The van der Waals surface area contributed by atoms with Gasteiger partial charge in [0.1, 0.15) is 0 Å². The summed E-state index contributed by atoms with van der Waals surface area (Å²) >= 11 is 11.7. The average molecular weight is 394 g/mol. The Bertz CT molecular complexity index is 823. The Hall–Kier alpha value is -1.84. The van der Waals surface area contributed by atoms with E-state index >= 15 is 0 Å². The van der Waals surface area contributed by atoms with Crippen molar-refractivity contribution in [1.82, 2.24) is 19.7 Å². The first-order valence-electron chi connectivity index (χ1n) is 7.20. The number of rotatable bonds is 2. The number of pyridine rings is 1. The maximum atomic E-state index is 13.6. The zero-order valence-corrected chi connectivity index (χ0v) is 14.1. The fourth-order valence-electron chi connectivity index (χ4n) is 2.64. The first-order valence-corrected chi connectivity index (χ1v) is 7.95. The molecule has 1 saturated heterocycles. The third-order valence-corrected chi connectivity index (χ3v) is 4.25. The highest BCUT2D eigenvalue weighted by atomic mass is 35.5. The summed E-state index contributed by atoms with van der Waals surface area (Å²) in [4.78, 5) is 17.6. The molecular weight excluding hydrogens is 382 g/mol. The van der Waals surface area contributed by atoms with E-state index in [9.17, 15) is 18.0 Å². The summed E-state index contributed by atoms with van der Waals surface area (Å²) in [5.41, 5.74) is 3.90. The van der Waals surface area contributed by atoms with Crippen molar-refractivity contribution in [3.8, 4) is 5.82 Å². The van der Waals surface area contributed by atoms with Gasteiger partial charge in [-0.15, -0.1) is 0 Å². The van der Waals surface area contributed by atoms with E-state index in [1.807, 2.05) is 0 Å². The van der Waals surface area contributed by atoms with Crippen LogP contribution >= 0.6 is 23.2 Å². The summed E-state index contributed by atoms with van der Waals surface area (Å²) in [5.74, 6) is -1.05. The minimum Gasteiger partial charge on any atom is -0.337 e. The standard InChI is InChI=1S/C14H12Cl2F3N5O/c15-7-3-10(16)12(21-4-7)24-11(14(17,18)19)9(5-22-24)13(25)23-2-1-8(20)6-23/h3-5,8H,1-2,6,20H2/t8-/m1/s1. The molecule has 6 nitrogen and oxygen atoms in total. The molecule has 1 fully saturated rings. The highest BCUT2D eigenvalue weighted by Crippen LogP contribution is 2.35. The molecular formula is C14H12Cl2F3N5O. The van der Waals surface area contributed by atoms with Crippen LogP contribution in [0.25, 0.3) is 5.82 Å². The van der Waals surface area contributed by atoms with Crippen LogP contribution in [0.4, 0.5) is 13.2 Å². The van der Waals surface area contributed by atoms with Crippen LogP contribution in [0.15, 0.2) is 18.5 Å².